The van der Waals surface area contributed by atoms with E-state index in [0.29, 0.717) is 52.5 Å². The van der Waals surface area contributed by atoms with Crippen LogP contribution in [0.15, 0.2) is 46.2 Å². The Bertz CT molecular complexity index is 1360. The van der Waals surface area contributed by atoms with E-state index in [2.05, 4.69) is 21.5 Å². The van der Waals surface area contributed by atoms with E-state index in [0.717, 1.165) is 12.8 Å². The molecule has 0 amide bonds. The summed E-state index contributed by atoms with van der Waals surface area (Å²) in [4.78, 5) is 15.6. The first-order chi connectivity index (χ1) is 14.8. The van der Waals surface area contributed by atoms with E-state index in [1.165, 1.54) is 0 Å². The minimum atomic E-state index is -3.35. The third-order valence-electron chi connectivity index (χ3n) is 6.44. The van der Waals surface area contributed by atoms with E-state index < -0.39 is 14.6 Å². The van der Waals surface area contributed by atoms with Gasteiger partial charge in [0.2, 0.25) is 0 Å². The summed E-state index contributed by atoms with van der Waals surface area (Å²) in [6, 6.07) is 10.5. The average molecular weight is 438 g/mol. The molecule has 2 aliphatic rings. The highest BCUT2D eigenvalue weighted by Gasteiger charge is 2.50. The molecule has 0 spiro atoms. The van der Waals surface area contributed by atoms with E-state index in [1.54, 1.807) is 48.1 Å². The number of aromatic amines is 1. The third kappa shape index (κ3) is 3.31. The van der Waals surface area contributed by atoms with Gasteiger partial charge in [-0.15, -0.1) is 0 Å². The molecule has 9 heteroatoms. The molecule has 8 nitrogen and oxygen atoms in total. The lowest BCUT2D eigenvalue weighted by molar-refractivity contribution is 0.426. The summed E-state index contributed by atoms with van der Waals surface area (Å²) < 4.78 is 26.6. The van der Waals surface area contributed by atoms with Crippen LogP contribution in [0.4, 0.5) is 11.5 Å². The summed E-state index contributed by atoms with van der Waals surface area (Å²) in [6.07, 6.45) is 5.39. The van der Waals surface area contributed by atoms with Gasteiger partial charge in [-0.25, -0.2) is 8.42 Å². The van der Waals surface area contributed by atoms with E-state index in [9.17, 15) is 18.5 Å². The highest BCUT2D eigenvalue weighted by molar-refractivity contribution is 7.93. The van der Waals surface area contributed by atoms with E-state index >= 15 is 0 Å². The molecular formula is C22H23N5O3S. The van der Waals surface area contributed by atoms with Crippen molar-refractivity contribution in [2.45, 2.75) is 54.7 Å². The van der Waals surface area contributed by atoms with Crippen molar-refractivity contribution in [2.24, 2.45) is 5.92 Å². The molecule has 0 aliphatic heterocycles. The summed E-state index contributed by atoms with van der Waals surface area (Å²) in [7, 11) is -3.35. The van der Waals surface area contributed by atoms with Crippen LogP contribution < -0.4 is 10.9 Å². The number of benzene rings is 1. The zero-order valence-electron chi connectivity index (χ0n) is 17.1. The summed E-state index contributed by atoms with van der Waals surface area (Å²) >= 11 is 0. The van der Waals surface area contributed by atoms with Crippen LogP contribution in [0.5, 0.6) is 0 Å². The van der Waals surface area contributed by atoms with Crippen LogP contribution >= 0.6 is 0 Å². The van der Waals surface area contributed by atoms with Gasteiger partial charge in [-0.3, -0.25) is 9.48 Å². The number of anilines is 2. The lowest BCUT2D eigenvalue weighted by Crippen LogP contribution is -2.19. The van der Waals surface area contributed by atoms with Crippen LogP contribution in [-0.2, 0) is 9.84 Å². The summed E-state index contributed by atoms with van der Waals surface area (Å²) in [5.74, 6) is 0.786. The molecule has 5 rings (SSSR count). The van der Waals surface area contributed by atoms with E-state index in [-0.39, 0.29) is 11.6 Å². The molecule has 1 unspecified atom stereocenters. The smallest absolute Gasteiger partial charge is 0.261 e. The van der Waals surface area contributed by atoms with Gasteiger partial charge in [0, 0.05) is 11.9 Å². The lowest BCUT2D eigenvalue weighted by Gasteiger charge is -2.14. The van der Waals surface area contributed by atoms with Gasteiger partial charge in [0.25, 0.3) is 5.56 Å². The molecule has 3 aromatic rings. The number of pyridine rings is 1. The van der Waals surface area contributed by atoms with Crippen molar-refractivity contribution in [1.82, 2.24) is 14.8 Å². The van der Waals surface area contributed by atoms with Gasteiger partial charge in [0.1, 0.15) is 5.39 Å². The first-order valence-electron chi connectivity index (χ1n) is 10.4. The predicted octanol–water partition coefficient (Wildman–Crippen LogP) is 3.66. The van der Waals surface area contributed by atoms with Crippen molar-refractivity contribution in [1.29, 1.82) is 5.26 Å². The molecular weight excluding hydrogens is 414 g/mol. The maximum absolute atomic E-state index is 12.7. The van der Waals surface area contributed by atoms with Gasteiger partial charge >= 0.3 is 0 Å². The number of hydrogen-bond donors (Lipinski definition) is 2. The summed E-state index contributed by atoms with van der Waals surface area (Å²) in [5.41, 5.74) is 1.05. The highest BCUT2D eigenvalue weighted by atomic mass is 32.2. The minimum Gasteiger partial charge on any atom is -0.338 e. The molecule has 2 saturated carbocycles. The second kappa shape index (κ2) is 6.95. The standard InChI is InChI=1S/C22H23N5O3S/c1-22(10-11-22)31(29,30)16-6-4-15(5-7-16)25-20-19-18(9-13-24-21(19)28)27(26-20)17(8-12-23)14-2-3-14/h4-7,9,13-14,17H,2-3,8,10-11H2,1H3,(H,24,28)(H,25,26). The van der Waals surface area contributed by atoms with Crippen molar-refractivity contribution in [3.63, 3.8) is 0 Å². The summed E-state index contributed by atoms with van der Waals surface area (Å²) in [6.45, 7) is 1.77. The molecule has 0 radical (unpaired) electrons. The quantitative estimate of drug-likeness (QED) is 0.582. The van der Waals surface area contributed by atoms with Gasteiger partial charge in [0.15, 0.2) is 15.7 Å². The molecule has 0 bridgehead atoms. The monoisotopic (exact) mass is 437 g/mol. The second-order valence-electron chi connectivity index (χ2n) is 8.73. The van der Waals surface area contributed by atoms with Crippen molar-refractivity contribution >= 4 is 32.2 Å². The number of aromatic nitrogens is 3. The van der Waals surface area contributed by atoms with Crippen molar-refractivity contribution in [2.75, 3.05) is 5.32 Å². The number of nitrogens with one attached hydrogen (secondary N) is 2. The van der Waals surface area contributed by atoms with Crippen LogP contribution in [0.2, 0.25) is 0 Å². The molecule has 160 valence electrons. The number of sulfone groups is 1. The Morgan fingerprint density at radius 3 is 2.61 bits per heavy atom. The topological polar surface area (TPSA) is 121 Å². The fraction of sp³-hybridized carbons (Fsp3) is 0.409. The summed E-state index contributed by atoms with van der Waals surface area (Å²) in [5, 5.41) is 17.5. The Hall–Kier alpha value is -3.12. The fourth-order valence-electron chi connectivity index (χ4n) is 4.05. The number of hydrogen-bond acceptors (Lipinski definition) is 6. The normalized spacial score (nSPS) is 18.5. The average Bonchev–Trinajstić information content (AvgIpc) is 3.67. The first-order valence-corrected chi connectivity index (χ1v) is 11.9. The Morgan fingerprint density at radius 2 is 2.00 bits per heavy atom. The first kappa shape index (κ1) is 19.8. The zero-order chi connectivity index (χ0) is 21.8. The van der Waals surface area contributed by atoms with Gasteiger partial charge in [-0.2, -0.15) is 10.4 Å². The Labute approximate surface area is 179 Å². The Balaban J connectivity index is 1.51. The molecule has 31 heavy (non-hydrogen) atoms. The number of H-pyrrole nitrogens is 1. The Kier molecular flexibility index (Phi) is 4.45. The number of nitrogens with zero attached hydrogens (tertiary/aromatic N) is 3. The largest absolute Gasteiger partial charge is 0.338 e. The van der Waals surface area contributed by atoms with Crippen LogP contribution in [0.3, 0.4) is 0 Å². The third-order valence-corrected chi connectivity index (χ3v) is 9.04. The number of nitriles is 1. The molecule has 2 aromatic heterocycles. The van der Waals surface area contributed by atoms with Gasteiger partial charge in [-0.1, -0.05) is 0 Å². The van der Waals surface area contributed by atoms with Crippen LogP contribution in [-0.4, -0.2) is 27.9 Å². The molecule has 2 aliphatic carbocycles. The van der Waals surface area contributed by atoms with Crippen molar-refractivity contribution < 1.29 is 8.42 Å². The van der Waals surface area contributed by atoms with Crippen LogP contribution in [0.1, 0.15) is 45.1 Å². The Morgan fingerprint density at radius 1 is 1.29 bits per heavy atom. The van der Waals surface area contributed by atoms with Gasteiger partial charge in [0.05, 0.1) is 33.7 Å². The molecule has 1 atom stereocenters. The second-order valence-corrected chi connectivity index (χ2v) is 11.2. The van der Waals surface area contributed by atoms with Crippen LogP contribution in [0, 0.1) is 17.2 Å². The highest BCUT2D eigenvalue weighted by Crippen LogP contribution is 2.46. The van der Waals surface area contributed by atoms with Gasteiger partial charge in [-0.05, 0) is 68.9 Å². The maximum atomic E-state index is 12.7. The molecule has 2 heterocycles. The fourth-order valence-corrected chi connectivity index (χ4v) is 5.75. The molecule has 0 saturated heterocycles. The number of fused-ring (bicyclic) bond motifs is 1. The number of rotatable bonds is 7. The van der Waals surface area contributed by atoms with Crippen molar-refractivity contribution in [3.8, 4) is 6.07 Å². The molecule has 1 aromatic carbocycles. The van der Waals surface area contributed by atoms with Crippen molar-refractivity contribution in [3.05, 3.63) is 46.9 Å². The maximum Gasteiger partial charge on any atom is 0.261 e. The zero-order valence-corrected chi connectivity index (χ0v) is 17.9. The SMILES string of the molecule is CC1(S(=O)(=O)c2ccc(Nc3nn(C(CC#N)C4CC4)c4cc[nH]c(=O)c34)cc2)CC1. The molecule has 2 fully saturated rings. The van der Waals surface area contributed by atoms with Gasteiger partial charge < -0.3 is 10.3 Å². The lowest BCUT2D eigenvalue weighted by atomic mass is 10.1. The van der Waals surface area contributed by atoms with E-state index in [1.807, 2.05) is 0 Å². The molecule has 2 N–H and O–H groups in total. The van der Waals surface area contributed by atoms with Crippen LogP contribution in [0.25, 0.3) is 10.9 Å². The van der Waals surface area contributed by atoms with E-state index in [4.69, 9.17) is 0 Å². The minimum absolute atomic E-state index is 0.0725. The predicted molar refractivity (Wildman–Crippen MR) is 117 cm³/mol.